The molecule has 4 heteroatoms. The molecule has 0 N–H and O–H groups in total. The van der Waals surface area contributed by atoms with Crippen LogP contribution in [0.5, 0.6) is 0 Å². The highest BCUT2D eigenvalue weighted by Crippen LogP contribution is 2.21. The zero-order valence-electron chi connectivity index (χ0n) is 12.2. The number of nitrogens with zero attached hydrogens (tertiary/aromatic N) is 1. The molecule has 0 atom stereocenters. The Morgan fingerprint density at radius 2 is 1.77 bits per heavy atom. The van der Waals surface area contributed by atoms with Gasteiger partial charge in [-0.05, 0) is 36.2 Å². The Hall–Kier alpha value is -2.62. The normalized spacial score (nSPS) is 14.2. The van der Waals surface area contributed by atoms with Crippen LogP contribution in [0.1, 0.15) is 28.8 Å². The van der Waals surface area contributed by atoms with Gasteiger partial charge in [0.15, 0.2) is 0 Å². The topological polar surface area (TPSA) is 46.6 Å². The minimum atomic E-state index is -0.358. The van der Waals surface area contributed by atoms with Crippen molar-refractivity contribution in [2.45, 2.75) is 19.4 Å². The molecule has 0 radical (unpaired) electrons. The van der Waals surface area contributed by atoms with Crippen LogP contribution in [-0.2, 0) is 16.1 Å². The SMILES string of the molecule is O=C(OCc1ccccc1)c1ccc(N2CCCC2=O)cc1. The van der Waals surface area contributed by atoms with Gasteiger partial charge in [0.1, 0.15) is 6.61 Å². The molecule has 0 saturated carbocycles. The van der Waals surface area contributed by atoms with Crippen molar-refractivity contribution in [2.75, 3.05) is 11.4 Å². The van der Waals surface area contributed by atoms with Crippen LogP contribution in [0, 0.1) is 0 Å². The maximum Gasteiger partial charge on any atom is 0.338 e. The number of benzene rings is 2. The van der Waals surface area contributed by atoms with Gasteiger partial charge in [0.05, 0.1) is 5.56 Å². The Morgan fingerprint density at radius 3 is 2.41 bits per heavy atom. The van der Waals surface area contributed by atoms with E-state index in [1.807, 2.05) is 30.3 Å². The number of anilines is 1. The second-order valence-electron chi connectivity index (χ2n) is 5.26. The van der Waals surface area contributed by atoms with Gasteiger partial charge >= 0.3 is 5.97 Å². The van der Waals surface area contributed by atoms with E-state index in [1.54, 1.807) is 29.2 Å². The monoisotopic (exact) mass is 295 g/mol. The molecule has 1 aliphatic heterocycles. The molecule has 1 heterocycles. The van der Waals surface area contributed by atoms with Crippen LogP contribution >= 0.6 is 0 Å². The molecule has 0 unspecified atom stereocenters. The van der Waals surface area contributed by atoms with E-state index in [0.29, 0.717) is 12.0 Å². The predicted octanol–water partition coefficient (Wildman–Crippen LogP) is 3.17. The average molecular weight is 295 g/mol. The Balaban J connectivity index is 1.62. The van der Waals surface area contributed by atoms with Crippen molar-refractivity contribution in [3.05, 3.63) is 65.7 Å². The van der Waals surface area contributed by atoms with Gasteiger partial charge < -0.3 is 9.64 Å². The van der Waals surface area contributed by atoms with E-state index >= 15 is 0 Å². The summed E-state index contributed by atoms with van der Waals surface area (Å²) >= 11 is 0. The molecule has 0 bridgehead atoms. The molecule has 22 heavy (non-hydrogen) atoms. The summed E-state index contributed by atoms with van der Waals surface area (Å²) < 4.78 is 5.28. The van der Waals surface area contributed by atoms with Crippen LogP contribution in [0.4, 0.5) is 5.69 Å². The zero-order valence-corrected chi connectivity index (χ0v) is 12.2. The number of ether oxygens (including phenoxy) is 1. The molecule has 0 aliphatic carbocycles. The minimum absolute atomic E-state index is 0.138. The first-order chi connectivity index (χ1) is 10.7. The number of carbonyl (C=O) groups is 2. The molecular weight excluding hydrogens is 278 g/mol. The molecule has 2 aromatic rings. The molecule has 1 amide bonds. The minimum Gasteiger partial charge on any atom is -0.457 e. The fourth-order valence-corrected chi connectivity index (χ4v) is 2.51. The molecule has 112 valence electrons. The lowest BCUT2D eigenvalue weighted by Crippen LogP contribution is -2.23. The summed E-state index contributed by atoms with van der Waals surface area (Å²) in [4.78, 5) is 25.4. The first-order valence-corrected chi connectivity index (χ1v) is 7.35. The fourth-order valence-electron chi connectivity index (χ4n) is 2.51. The summed E-state index contributed by atoms with van der Waals surface area (Å²) in [5.74, 6) is -0.220. The largest absolute Gasteiger partial charge is 0.457 e. The highest BCUT2D eigenvalue weighted by atomic mass is 16.5. The van der Waals surface area contributed by atoms with Crippen molar-refractivity contribution in [1.82, 2.24) is 0 Å². The quantitative estimate of drug-likeness (QED) is 0.814. The Bertz CT molecular complexity index is 664. The maximum absolute atomic E-state index is 12.0. The van der Waals surface area contributed by atoms with Crippen molar-refractivity contribution in [1.29, 1.82) is 0 Å². The Morgan fingerprint density at radius 1 is 1.05 bits per heavy atom. The molecule has 4 nitrogen and oxygen atoms in total. The van der Waals surface area contributed by atoms with Gasteiger partial charge in [0.25, 0.3) is 0 Å². The third-order valence-corrected chi connectivity index (χ3v) is 3.70. The number of rotatable bonds is 4. The number of amides is 1. The van der Waals surface area contributed by atoms with E-state index in [1.165, 1.54) is 0 Å². The van der Waals surface area contributed by atoms with Gasteiger partial charge in [-0.15, -0.1) is 0 Å². The van der Waals surface area contributed by atoms with Gasteiger partial charge in [-0.2, -0.15) is 0 Å². The molecular formula is C18H17NO3. The van der Waals surface area contributed by atoms with E-state index in [-0.39, 0.29) is 18.5 Å². The van der Waals surface area contributed by atoms with E-state index < -0.39 is 0 Å². The lowest BCUT2D eigenvalue weighted by Gasteiger charge is -2.15. The average Bonchev–Trinajstić information content (AvgIpc) is 3.00. The van der Waals surface area contributed by atoms with Crippen molar-refractivity contribution < 1.29 is 14.3 Å². The highest BCUT2D eigenvalue weighted by molar-refractivity contribution is 5.96. The smallest absolute Gasteiger partial charge is 0.338 e. The van der Waals surface area contributed by atoms with Crippen LogP contribution in [-0.4, -0.2) is 18.4 Å². The van der Waals surface area contributed by atoms with Gasteiger partial charge in [-0.25, -0.2) is 4.79 Å². The lowest BCUT2D eigenvalue weighted by molar-refractivity contribution is -0.117. The summed E-state index contributed by atoms with van der Waals surface area (Å²) in [6, 6.07) is 16.6. The molecule has 1 saturated heterocycles. The van der Waals surface area contributed by atoms with Gasteiger partial charge in [-0.1, -0.05) is 30.3 Å². The molecule has 2 aromatic carbocycles. The number of hydrogen-bond donors (Lipinski definition) is 0. The first-order valence-electron chi connectivity index (χ1n) is 7.35. The Labute approximate surface area is 129 Å². The van der Waals surface area contributed by atoms with Crippen LogP contribution in [0.15, 0.2) is 54.6 Å². The van der Waals surface area contributed by atoms with E-state index in [9.17, 15) is 9.59 Å². The number of esters is 1. The molecule has 0 aromatic heterocycles. The standard InChI is InChI=1S/C18H17NO3/c20-17-7-4-12-19(17)16-10-8-15(9-11-16)18(21)22-13-14-5-2-1-3-6-14/h1-3,5-6,8-11H,4,7,12-13H2. The van der Waals surface area contributed by atoms with E-state index in [0.717, 1.165) is 24.2 Å². The summed E-state index contributed by atoms with van der Waals surface area (Å²) in [7, 11) is 0. The Kier molecular flexibility index (Phi) is 4.19. The lowest BCUT2D eigenvalue weighted by atomic mass is 10.2. The number of carbonyl (C=O) groups excluding carboxylic acids is 2. The first kappa shape index (κ1) is 14.3. The second kappa shape index (κ2) is 6.43. The van der Waals surface area contributed by atoms with Crippen LogP contribution < -0.4 is 4.90 Å². The third-order valence-electron chi connectivity index (χ3n) is 3.70. The zero-order chi connectivity index (χ0) is 15.4. The molecule has 3 rings (SSSR count). The third kappa shape index (κ3) is 3.17. The molecule has 1 fully saturated rings. The van der Waals surface area contributed by atoms with E-state index in [4.69, 9.17) is 4.74 Å². The second-order valence-corrected chi connectivity index (χ2v) is 5.26. The highest BCUT2D eigenvalue weighted by Gasteiger charge is 2.21. The summed E-state index contributed by atoms with van der Waals surface area (Å²) in [6.45, 7) is 1.00. The number of hydrogen-bond acceptors (Lipinski definition) is 3. The van der Waals surface area contributed by atoms with Crippen LogP contribution in [0.2, 0.25) is 0 Å². The molecule has 0 spiro atoms. The van der Waals surface area contributed by atoms with Gasteiger partial charge in [0.2, 0.25) is 5.91 Å². The summed E-state index contributed by atoms with van der Waals surface area (Å²) in [6.07, 6.45) is 1.49. The van der Waals surface area contributed by atoms with Gasteiger partial charge in [0, 0.05) is 18.7 Å². The van der Waals surface area contributed by atoms with Crippen LogP contribution in [0.25, 0.3) is 0 Å². The fraction of sp³-hybridized carbons (Fsp3) is 0.222. The summed E-state index contributed by atoms with van der Waals surface area (Å²) in [5, 5.41) is 0. The summed E-state index contributed by atoms with van der Waals surface area (Å²) in [5.41, 5.74) is 2.28. The van der Waals surface area contributed by atoms with Gasteiger partial charge in [-0.3, -0.25) is 4.79 Å². The maximum atomic E-state index is 12.0. The van der Waals surface area contributed by atoms with Crippen LogP contribution in [0.3, 0.4) is 0 Å². The van der Waals surface area contributed by atoms with E-state index in [2.05, 4.69) is 0 Å². The van der Waals surface area contributed by atoms with Crippen molar-refractivity contribution >= 4 is 17.6 Å². The van der Waals surface area contributed by atoms with Crippen molar-refractivity contribution in [3.63, 3.8) is 0 Å². The van der Waals surface area contributed by atoms with Crippen molar-refractivity contribution in [2.24, 2.45) is 0 Å². The molecule has 1 aliphatic rings. The predicted molar refractivity (Wildman–Crippen MR) is 83.6 cm³/mol. The van der Waals surface area contributed by atoms with Crippen molar-refractivity contribution in [3.8, 4) is 0 Å².